The molecule has 2 aromatic heterocycles. The van der Waals surface area contributed by atoms with Gasteiger partial charge >= 0.3 is 0 Å². The van der Waals surface area contributed by atoms with Crippen molar-refractivity contribution in [2.24, 2.45) is 5.10 Å². The highest BCUT2D eigenvalue weighted by Crippen LogP contribution is 2.21. The second kappa shape index (κ2) is 5.67. The summed E-state index contributed by atoms with van der Waals surface area (Å²) in [5.74, 6) is 0.877. The molecule has 0 unspecified atom stereocenters. The lowest BCUT2D eigenvalue weighted by atomic mass is 10.2. The van der Waals surface area contributed by atoms with Crippen molar-refractivity contribution >= 4 is 5.84 Å². The van der Waals surface area contributed by atoms with E-state index in [1.54, 1.807) is 0 Å². The zero-order valence-electron chi connectivity index (χ0n) is 15.3. The van der Waals surface area contributed by atoms with E-state index in [1.807, 2.05) is 11.6 Å². The number of amidine groups is 1. The molecule has 0 spiro atoms. The van der Waals surface area contributed by atoms with Crippen LogP contribution in [0.4, 0.5) is 0 Å². The standard InChI is InChI=1S/C18H28N4/c1-10-11(2)15(6)21(14(10)5)19-18(9)20-22-16(7)12(3)13(4)17(22)8/h1-9H3,(H,19,20). The van der Waals surface area contributed by atoms with Gasteiger partial charge in [-0.1, -0.05) is 0 Å². The Labute approximate surface area is 133 Å². The van der Waals surface area contributed by atoms with Crippen LogP contribution in [0.3, 0.4) is 0 Å². The predicted octanol–water partition coefficient (Wildman–Crippen LogP) is 4.18. The monoisotopic (exact) mass is 300 g/mol. The fraction of sp³-hybridized carbons (Fsp3) is 0.500. The van der Waals surface area contributed by atoms with Gasteiger partial charge in [0.25, 0.3) is 0 Å². The highest BCUT2D eigenvalue weighted by Gasteiger charge is 2.13. The van der Waals surface area contributed by atoms with E-state index in [-0.39, 0.29) is 0 Å². The average molecular weight is 300 g/mol. The van der Waals surface area contributed by atoms with Gasteiger partial charge in [0.1, 0.15) is 5.84 Å². The lowest BCUT2D eigenvalue weighted by Gasteiger charge is -2.13. The molecule has 2 aromatic rings. The third kappa shape index (κ3) is 2.47. The van der Waals surface area contributed by atoms with Crippen LogP contribution in [0, 0.1) is 55.4 Å². The Balaban J connectivity index is 2.40. The van der Waals surface area contributed by atoms with E-state index in [9.17, 15) is 0 Å². The first-order valence-corrected chi connectivity index (χ1v) is 7.79. The molecule has 120 valence electrons. The molecule has 0 saturated heterocycles. The summed E-state index contributed by atoms with van der Waals surface area (Å²) in [5, 5.41) is 4.76. The second-order valence-electron chi connectivity index (χ2n) is 6.29. The molecule has 0 radical (unpaired) electrons. The molecule has 0 aliphatic heterocycles. The van der Waals surface area contributed by atoms with E-state index < -0.39 is 0 Å². The van der Waals surface area contributed by atoms with Gasteiger partial charge in [-0.25, -0.2) is 4.68 Å². The number of hydrogen-bond donors (Lipinski definition) is 1. The van der Waals surface area contributed by atoms with Crippen molar-refractivity contribution in [1.82, 2.24) is 9.35 Å². The van der Waals surface area contributed by atoms with Crippen LogP contribution in [0.15, 0.2) is 5.10 Å². The fourth-order valence-corrected chi connectivity index (χ4v) is 2.89. The summed E-state index contributed by atoms with van der Waals surface area (Å²) in [6, 6.07) is 0. The molecule has 2 heterocycles. The van der Waals surface area contributed by atoms with E-state index in [0.717, 1.165) is 5.84 Å². The van der Waals surface area contributed by atoms with Crippen LogP contribution < -0.4 is 5.43 Å². The van der Waals surface area contributed by atoms with Gasteiger partial charge in [0.05, 0.1) is 0 Å². The first-order valence-electron chi connectivity index (χ1n) is 7.79. The third-order valence-electron chi connectivity index (χ3n) is 5.13. The maximum absolute atomic E-state index is 4.76. The first kappa shape index (κ1) is 16.4. The highest BCUT2D eigenvalue weighted by molar-refractivity contribution is 5.87. The van der Waals surface area contributed by atoms with Crippen molar-refractivity contribution in [3.05, 3.63) is 45.0 Å². The number of hydrogen-bond acceptors (Lipinski definition) is 1. The predicted molar refractivity (Wildman–Crippen MR) is 94.6 cm³/mol. The van der Waals surface area contributed by atoms with Gasteiger partial charge in [0.2, 0.25) is 0 Å². The van der Waals surface area contributed by atoms with Crippen LogP contribution in [0.25, 0.3) is 0 Å². The van der Waals surface area contributed by atoms with Crippen molar-refractivity contribution in [3.8, 4) is 0 Å². The topological polar surface area (TPSA) is 34.2 Å². The summed E-state index contributed by atoms with van der Waals surface area (Å²) < 4.78 is 4.15. The van der Waals surface area contributed by atoms with Gasteiger partial charge < -0.3 is 0 Å². The second-order valence-corrected chi connectivity index (χ2v) is 6.29. The lowest BCUT2D eigenvalue weighted by Crippen LogP contribution is -2.23. The van der Waals surface area contributed by atoms with Gasteiger partial charge in [-0.2, -0.15) is 5.10 Å². The van der Waals surface area contributed by atoms with E-state index in [0.29, 0.717) is 0 Å². The summed E-state index contributed by atoms with van der Waals surface area (Å²) in [5.41, 5.74) is 13.6. The minimum atomic E-state index is 0.877. The van der Waals surface area contributed by atoms with Crippen molar-refractivity contribution in [2.75, 3.05) is 5.43 Å². The molecule has 0 aromatic carbocycles. The molecule has 4 nitrogen and oxygen atoms in total. The van der Waals surface area contributed by atoms with E-state index in [2.05, 4.69) is 65.5 Å². The third-order valence-corrected chi connectivity index (χ3v) is 5.13. The smallest absolute Gasteiger partial charge is 0.139 e. The van der Waals surface area contributed by atoms with Crippen molar-refractivity contribution in [2.45, 2.75) is 62.3 Å². The summed E-state index contributed by atoms with van der Waals surface area (Å²) >= 11 is 0. The Morgan fingerprint density at radius 1 is 0.682 bits per heavy atom. The molecular weight excluding hydrogens is 272 g/mol. The molecule has 22 heavy (non-hydrogen) atoms. The molecule has 0 saturated carbocycles. The van der Waals surface area contributed by atoms with E-state index in [1.165, 1.54) is 45.0 Å². The molecule has 2 rings (SSSR count). The first-order chi connectivity index (χ1) is 10.2. The van der Waals surface area contributed by atoms with Gasteiger partial charge in [0.15, 0.2) is 0 Å². The summed E-state index contributed by atoms with van der Waals surface area (Å²) in [6.07, 6.45) is 0. The maximum Gasteiger partial charge on any atom is 0.139 e. The van der Waals surface area contributed by atoms with Crippen molar-refractivity contribution in [1.29, 1.82) is 0 Å². The molecule has 0 aliphatic rings. The van der Waals surface area contributed by atoms with Crippen LogP contribution in [0.1, 0.15) is 52.0 Å². The zero-order chi connectivity index (χ0) is 16.8. The fourth-order valence-electron chi connectivity index (χ4n) is 2.89. The van der Waals surface area contributed by atoms with Crippen LogP contribution in [-0.2, 0) is 0 Å². The molecule has 0 amide bonds. The summed E-state index contributed by atoms with van der Waals surface area (Å²) in [6.45, 7) is 19.1. The van der Waals surface area contributed by atoms with Crippen LogP contribution >= 0.6 is 0 Å². The van der Waals surface area contributed by atoms with Crippen LogP contribution in [0.5, 0.6) is 0 Å². The molecule has 0 atom stereocenters. The Hall–Kier alpha value is -1.97. The Morgan fingerprint density at radius 2 is 1.05 bits per heavy atom. The zero-order valence-corrected chi connectivity index (χ0v) is 15.3. The van der Waals surface area contributed by atoms with Crippen molar-refractivity contribution < 1.29 is 0 Å². The minimum absolute atomic E-state index is 0.877. The number of nitrogens with one attached hydrogen (secondary N) is 1. The van der Waals surface area contributed by atoms with E-state index >= 15 is 0 Å². The largest absolute Gasteiger partial charge is 0.280 e. The Kier molecular flexibility index (Phi) is 4.23. The molecule has 0 fully saturated rings. The van der Waals surface area contributed by atoms with Gasteiger partial charge in [-0.15, -0.1) is 0 Å². The van der Waals surface area contributed by atoms with Gasteiger partial charge in [-0.05, 0) is 84.6 Å². The Bertz CT molecular complexity index is 706. The van der Waals surface area contributed by atoms with Crippen LogP contribution in [-0.4, -0.2) is 15.2 Å². The number of rotatable bonds is 2. The van der Waals surface area contributed by atoms with Gasteiger partial charge in [-0.3, -0.25) is 10.1 Å². The lowest BCUT2D eigenvalue weighted by molar-refractivity contribution is 0.794. The minimum Gasteiger partial charge on any atom is -0.280 e. The molecule has 4 heteroatoms. The molecule has 0 aliphatic carbocycles. The van der Waals surface area contributed by atoms with Crippen LogP contribution in [0.2, 0.25) is 0 Å². The quantitative estimate of drug-likeness (QED) is 0.655. The van der Waals surface area contributed by atoms with Gasteiger partial charge in [0, 0.05) is 22.8 Å². The molecule has 0 bridgehead atoms. The molecular formula is C18H28N4. The SMILES string of the molecule is C/C(=N\n1c(C)c(C)c(C)c1C)Nn1c(C)c(C)c(C)c1C. The molecule has 1 N–H and O–H groups in total. The van der Waals surface area contributed by atoms with E-state index in [4.69, 9.17) is 5.10 Å². The maximum atomic E-state index is 4.76. The van der Waals surface area contributed by atoms with Crippen molar-refractivity contribution in [3.63, 3.8) is 0 Å². The summed E-state index contributed by atoms with van der Waals surface area (Å²) in [4.78, 5) is 0. The average Bonchev–Trinajstić information content (AvgIpc) is 2.77. The normalized spacial score (nSPS) is 12.1. The number of nitrogens with zero attached hydrogens (tertiary/aromatic N) is 3. The summed E-state index contributed by atoms with van der Waals surface area (Å²) in [7, 11) is 0. The number of aromatic nitrogens is 2. The highest BCUT2D eigenvalue weighted by atomic mass is 15.5. The Morgan fingerprint density at radius 3 is 1.45 bits per heavy atom.